The molecule has 8 rings (SSSR count). The standard InChI is InChI=1S/C26H18NO2.C14H16NSi.Ir/c1-15(2)16-12-13-27-21(14-16)19-7-5-8-20-24-23(29-25(19)20)11-10-18-17-6-3-4-9-22(17)28-26(18)24;1-16(2,3)13-9-10-14(15-11-13)12-7-5-4-6-8-12;/h3-6,8-15H,1-2H3;4-7,9-11H,1-3H3;/q2*-1;. The fraction of sp³-hybridized carbons (Fsp3) is 0.150. The van der Waals surface area contributed by atoms with Crippen LogP contribution in [0.1, 0.15) is 25.3 Å². The Morgan fingerprint density at radius 2 is 1.48 bits per heavy atom. The van der Waals surface area contributed by atoms with Crippen molar-refractivity contribution in [2.24, 2.45) is 0 Å². The van der Waals surface area contributed by atoms with Crippen molar-refractivity contribution in [1.29, 1.82) is 0 Å². The smallest absolute Gasteiger partial charge is 0.145 e. The van der Waals surface area contributed by atoms with E-state index in [4.69, 9.17) is 8.83 Å². The molecule has 0 atom stereocenters. The molecule has 4 aromatic carbocycles. The van der Waals surface area contributed by atoms with Crippen LogP contribution in [0.5, 0.6) is 0 Å². The van der Waals surface area contributed by atoms with Gasteiger partial charge in [-0.1, -0.05) is 86.4 Å². The van der Waals surface area contributed by atoms with Crippen molar-refractivity contribution in [2.45, 2.75) is 39.4 Å². The molecular formula is C40H34IrN2O2Si-2. The summed E-state index contributed by atoms with van der Waals surface area (Å²) in [6, 6.07) is 39.2. The summed E-state index contributed by atoms with van der Waals surface area (Å²) in [7, 11) is -1.23. The van der Waals surface area contributed by atoms with E-state index in [1.54, 1.807) is 0 Å². The maximum Gasteiger partial charge on any atom is 0.145 e. The SMILES string of the molecule is CC(C)c1ccnc(-c2[c-]ccc3c2oc2ccc4c5ccccc5oc4c23)c1.C[Si](C)(C)c1ccc(-c2[c-]cccc2)nc1.[Ir]. The Labute approximate surface area is 283 Å². The van der Waals surface area contributed by atoms with Gasteiger partial charge in [0.05, 0.1) is 19.0 Å². The molecule has 6 heteroatoms. The molecule has 0 N–H and O–H groups in total. The number of hydrogen-bond donors (Lipinski definition) is 0. The van der Waals surface area contributed by atoms with Gasteiger partial charge in [-0.2, -0.15) is 0 Å². The Morgan fingerprint density at radius 1 is 0.674 bits per heavy atom. The van der Waals surface area contributed by atoms with Crippen LogP contribution in [-0.4, -0.2) is 18.0 Å². The fourth-order valence-electron chi connectivity index (χ4n) is 5.69. The molecular weight excluding hydrogens is 761 g/mol. The van der Waals surface area contributed by atoms with Gasteiger partial charge >= 0.3 is 0 Å². The maximum absolute atomic E-state index is 6.31. The zero-order valence-electron chi connectivity index (χ0n) is 26.5. The van der Waals surface area contributed by atoms with Gasteiger partial charge in [0.1, 0.15) is 16.7 Å². The van der Waals surface area contributed by atoms with E-state index in [9.17, 15) is 0 Å². The molecule has 0 unspecified atom stereocenters. The van der Waals surface area contributed by atoms with Gasteiger partial charge in [-0.25, -0.2) is 0 Å². The molecule has 0 bridgehead atoms. The molecule has 4 nitrogen and oxygen atoms in total. The molecule has 1 radical (unpaired) electrons. The van der Waals surface area contributed by atoms with Crippen LogP contribution in [0.25, 0.3) is 66.4 Å². The summed E-state index contributed by atoms with van der Waals surface area (Å²) in [5.41, 5.74) is 8.42. The zero-order valence-corrected chi connectivity index (χ0v) is 29.9. The Hall–Kier alpha value is -4.35. The van der Waals surface area contributed by atoms with Crippen LogP contribution in [0.3, 0.4) is 0 Å². The summed E-state index contributed by atoms with van der Waals surface area (Å²) in [5, 5.41) is 5.64. The van der Waals surface area contributed by atoms with Gasteiger partial charge in [0.15, 0.2) is 0 Å². The van der Waals surface area contributed by atoms with Gasteiger partial charge in [0.25, 0.3) is 0 Å². The normalized spacial score (nSPS) is 11.6. The molecule has 0 spiro atoms. The molecule has 46 heavy (non-hydrogen) atoms. The van der Waals surface area contributed by atoms with E-state index in [-0.39, 0.29) is 20.1 Å². The van der Waals surface area contributed by atoms with Gasteiger partial charge in [-0.05, 0) is 46.8 Å². The molecule has 0 saturated carbocycles. The molecule has 0 aliphatic heterocycles. The van der Waals surface area contributed by atoms with Gasteiger partial charge in [0, 0.05) is 43.3 Å². The minimum atomic E-state index is -1.23. The first-order chi connectivity index (χ1) is 21.8. The van der Waals surface area contributed by atoms with Crippen molar-refractivity contribution in [3.05, 3.63) is 127 Å². The van der Waals surface area contributed by atoms with Crippen LogP contribution in [0.15, 0.2) is 118 Å². The second-order valence-corrected chi connectivity index (χ2v) is 17.8. The molecule has 0 fully saturated rings. The molecule has 8 aromatic rings. The van der Waals surface area contributed by atoms with Crippen molar-refractivity contribution < 1.29 is 28.9 Å². The Bertz CT molecular complexity index is 2280. The molecule has 0 aliphatic rings. The second-order valence-electron chi connectivity index (χ2n) is 12.7. The summed E-state index contributed by atoms with van der Waals surface area (Å²) >= 11 is 0. The van der Waals surface area contributed by atoms with Gasteiger partial charge in [-0.3, -0.25) is 0 Å². The number of nitrogens with zero attached hydrogens (tertiary/aromatic N) is 2. The Balaban J connectivity index is 0.000000187. The average Bonchev–Trinajstić information content (AvgIpc) is 3.63. The van der Waals surface area contributed by atoms with Gasteiger partial charge in [0.2, 0.25) is 0 Å². The van der Waals surface area contributed by atoms with Crippen LogP contribution in [0.4, 0.5) is 0 Å². The Morgan fingerprint density at radius 3 is 2.22 bits per heavy atom. The number of fused-ring (bicyclic) bond motifs is 7. The van der Waals surface area contributed by atoms with Gasteiger partial charge < -0.3 is 18.8 Å². The first kappa shape index (κ1) is 31.6. The summed E-state index contributed by atoms with van der Waals surface area (Å²) in [4.78, 5) is 9.11. The van der Waals surface area contributed by atoms with Crippen LogP contribution in [0, 0.1) is 12.1 Å². The molecule has 4 heterocycles. The predicted molar refractivity (Wildman–Crippen MR) is 189 cm³/mol. The van der Waals surface area contributed by atoms with Crippen molar-refractivity contribution in [3.8, 4) is 22.5 Å². The summed E-state index contributed by atoms with van der Waals surface area (Å²) in [5.74, 6) is 0.432. The molecule has 231 valence electrons. The first-order valence-electron chi connectivity index (χ1n) is 15.3. The van der Waals surface area contributed by atoms with Crippen molar-refractivity contribution >= 4 is 57.1 Å². The number of aromatic nitrogens is 2. The van der Waals surface area contributed by atoms with Crippen LogP contribution < -0.4 is 5.19 Å². The number of hydrogen-bond acceptors (Lipinski definition) is 4. The van der Waals surface area contributed by atoms with E-state index in [0.29, 0.717) is 5.92 Å². The third kappa shape index (κ3) is 5.96. The molecule has 4 aromatic heterocycles. The minimum absolute atomic E-state index is 0. The summed E-state index contributed by atoms with van der Waals surface area (Å²) in [6.45, 7) is 11.4. The van der Waals surface area contributed by atoms with Crippen molar-refractivity contribution in [1.82, 2.24) is 9.97 Å². The number of para-hydroxylation sites is 1. The summed E-state index contributed by atoms with van der Waals surface area (Å²) in [6.07, 6.45) is 3.87. The van der Waals surface area contributed by atoms with E-state index in [1.165, 1.54) is 10.8 Å². The molecule has 0 aliphatic carbocycles. The number of benzene rings is 4. The largest absolute Gasteiger partial charge is 0.500 e. The monoisotopic (exact) mass is 795 g/mol. The number of pyridine rings is 2. The zero-order chi connectivity index (χ0) is 31.1. The second kappa shape index (κ2) is 12.8. The van der Waals surface area contributed by atoms with E-state index in [0.717, 1.165) is 66.4 Å². The molecule has 0 saturated heterocycles. The Kier molecular flexibility index (Phi) is 8.80. The van der Waals surface area contributed by atoms with E-state index in [1.807, 2.05) is 73.1 Å². The predicted octanol–water partition coefficient (Wildman–Crippen LogP) is 10.6. The maximum atomic E-state index is 6.31. The van der Waals surface area contributed by atoms with E-state index in [2.05, 4.69) is 92.0 Å². The van der Waals surface area contributed by atoms with Crippen molar-refractivity contribution in [3.63, 3.8) is 0 Å². The average molecular weight is 795 g/mol. The van der Waals surface area contributed by atoms with E-state index >= 15 is 0 Å². The van der Waals surface area contributed by atoms with Crippen molar-refractivity contribution in [2.75, 3.05) is 0 Å². The quantitative estimate of drug-likeness (QED) is 0.132. The summed E-state index contributed by atoms with van der Waals surface area (Å²) < 4.78 is 12.6. The fourth-order valence-corrected chi connectivity index (χ4v) is 6.73. The minimum Gasteiger partial charge on any atom is -0.500 e. The van der Waals surface area contributed by atoms with Crippen LogP contribution in [0.2, 0.25) is 19.6 Å². The third-order valence-corrected chi connectivity index (χ3v) is 10.3. The van der Waals surface area contributed by atoms with Gasteiger partial charge in [-0.15, -0.1) is 54.1 Å². The van der Waals surface area contributed by atoms with E-state index < -0.39 is 8.07 Å². The van der Waals surface area contributed by atoms with Crippen LogP contribution in [-0.2, 0) is 20.1 Å². The molecule has 0 amide bonds. The first-order valence-corrected chi connectivity index (χ1v) is 18.8. The topological polar surface area (TPSA) is 52.1 Å². The number of furan rings is 2. The van der Waals surface area contributed by atoms with Crippen LogP contribution >= 0.6 is 0 Å². The third-order valence-electron chi connectivity index (χ3n) is 8.26. The number of rotatable bonds is 4.